The highest BCUT2D eigenvalue weighted by Gasteiger charge is 2.22. The number of carbonyl (C=O) groups excluding carboxylic acids is 1. The molecular weight excluding hydrogens is 326 g/mol. The summed E-state index contributed by atoms with van der Waals surface area (Å²) in [5, 5.41) is 2.95. The Morgan fingerprint density at radius 1 is 1.31 bits per heavy atom. The maximum absolute atomic E-state index is 12.6. The monoisotopic (exact) mass is 353 g/mol. The summed E-state index contributed by atoms with van der Waals surface area (Å²) >= 11 is 0. The van der Waals surface area contributed by atoms with Crippen molar-refractivity contribution in [1.82, 2.24) is 10.3 Å². The third kappa shape index (κ3) is 4.15. The van der Waals surface area contributed by atoms with Gasteiger partial charge in [-0.05, 0) is 43.9 Å². The van der Waals surface area contributed by atoms with Crippen molar-refractivity contribution in [2.75, 3.05) is 18.6 Å². The normalized spacial score (nSPS) is 17.0. The highest BCUT2D eigenvalue weighted by Crippen LogP contribution is 2.26. The maximum atomic E-state index is 12.6. The lowest BCUT2D eigenvalue weighted by atomic mass is 9.99. The van der Waals surface area contributed by atoms with Crippen LogP contribution in [0.1, 0.15) is 48.7 Å². The third-order valence-corrected chi connectivity index (χ3v) is 5.04. The highest BCUT2D eigenvalue weighted by atomic mass is 16.5. The van der Waals surface area contributed by atoms with Crippen LogP contribution in [0.15, 0.2) is 42.6 Å². The molecule has 2 heterocycles. The molecule has 0 saturated carbocycles. The molecule has 1 aromatic carbocycles. The van der Waals surface area contributed by atoms with Crippen LogP contribution >= 0.6 is 0 Å². The number of anilines is 1. The van der Waals surface area contributed by atoms with Gasteiger partial charge in [-0.15, -0.1) is 0 Å². The van der Waals surface area contributed by atoms with Gasteiger partial charge in [0.1, 0.15) is 11.4 Å². The summed E-state index contributed by atoms with van der Waals surface area (Å²) in [5.41, 5.74) is 2.49. The van der Waals surface area contributed by atoms with E-state index in [1.165, 1.54) is 19.3 Å². The minimum Gasteiger partial charge on any atom is -0.496 e. The van der Waals surface area contributed by atoms with E-state index >= 15 is 0 Å². The van der Waals surface area contributed by atoms with E-state index < -0.39 is 0 Å². The van der Waals surface area contributed by atoms with Gasteiger partial charge >= 0.3 is 0 Å². The third-order valence-electron chi connectivity index (χ3n) is 5.04. The topological polar surface area (TPSA) is 54.5 Å². The van der Waals surface area contributed by atoms with Crippen molar-refractivity contribution in [3.05, 3.63) is 53.9 Å². The summed E-state index contributed by atoms with van der Waals surface area (Å²) in [6.07, 6.45) is 6.56. The molecule has 138 valence electrons. The van der Waals surface area contributed by atoms with Gasteiger partial charge in [-0.2, -0.15) is 0 Å². The van der Waals surface area contributed by atoms with Crippen molar-refractivity contribution < 1.29 is 9.53 Å². The molecule has 2 aromatic rings. The second-order valence-corrected chi connectivity index (χ2v) is 6.65. The molecule has 0 radical (unpaired) electrons. The first-order valence-electron chi connectivity index (χ1n) is 9.35. The van der Waals surface area contributed by atoms with E-state index in [0.29, 0.717) is 18.3 Å². The van der Waals surface area contributed by atoms with Crippen molar-refractivity contribution in [3.63, 3.8) is 0 Å². The number of amides is 1. The van der Waals surface area contributed by atoms with Gasteiger partial charge in [-0.3, -0.25) is 9.78 Å². The minimum absolute atomic E-state index is 0.164. The number of piperidine rings is 1. The van der Waals surface area contributed by atoms with Crippen LogP contribution in [0.5, 0.6) is 5.75 Å². The molecule has 0 bridgehead atoms. The van der Waals surface area contributed by atoms with E-state index in [1.807, 2.05) is 36.4 Å². The molecule has 1 atom stereocenters. The lowest BCUT2D eigenvalue weighted by Gasteiger charge is -2.37. The number of nitrogens with one attached hydrogen (secondary N) is 1. The SMILES string of the molecule is CCC1CCCCN1c1ccnc(C(=O)NCc2ccccc2OC)c1. The predicted molar refractivity (Wildman–Crippen MR) is 104 cm³/mol. The predicted octanol–water partition coefficient (Wildman–Crippen LogP) is 3.79. The Kier molecular flexibility index (Phi) is 6.10. The lowest BCUT2D eigenvalue weighted by molar-refractivity contribution is 0.0945. The summed E-state index contributed by atoms with van der Waals surface area (Å²) in [6, 6.07) is 12.2. The largest absolute Gasteiger partial charge is 0.496 e. The zero-order chi connectivity index (χ0) is 18.4. The van der Waals surface area contributed by atoms with Crippen LogP contribution in [0, 0.1) is 0 Å². The van der Waals surface area contributed by atoms with Crippen LogP contribution in [0.2, 0.25) is 0 Å². The molecule has 1 amide bonds. The van der Waals surface area contributed by atoms with Crippen molar-refractivity contribution in [2.24, 2.45) is 0 Å². The van der Waals surface area contributed by atoms with Crippen LogP contribution < -0.4 is 15.0 Å². The maximum Gasteiger partial charge on any atom is 0.270 e. The number of methoxy groups -OCH3 is 1. The molecule has 5 heteroatoms. The Bertz CT molecular complexity index is 748. The Hall–Kier alpha value is -2.56. The van der Waals surface area contributed by atoms with E-state index in [-0.39, 0.29) is 5.91 Å². The molecule has 26 heavy (non-hydrogen) atoms. The molecule has 0 aliphatic carbocycles. The Morgan fingerprint density at radius 3 is 2.96 bits per heavy atom. The smallest absolute Gasteiger partial charge is 0.270 e. The first-order valence-corrected chi connectivity index (χ1v) is 9.35. The van der Waals surface area contributed by atoms with E-state index in [1.54, 1.807) is 13.3 Å². The van der Waals surface area contributed by atoms with E-state index in [0.717, 1.165) is 30.0 Å². The van der Waals surface area contributed by atoms with E-state index in [9.17, 15) is 4.79 Å². The van der Waals surface area contributed by atoms with Crippen LogP contribution in [0.4, 0.5) is 5.69 Å². The summed E-state index contributed by atoms with van der Waals surface area (Å²) < 4.78 is 5.33. The number of aromatic nitrogens is 1. The quantitative estimate of drug-likeness (QED) is 0.858. The zero-order valence-corrected chi connectivity index (χ0v) is 15.6. The number of pyridine rings is 1. The van der Waals surface area contributed by atoms with Gasteiger partial charge in [-0.1, -0.05) is 25.1 Å². The number of nitrogens with zero attached hydrogens (tertiary/aromatic N) is 2. The molecule has 1 unspecified atom stereocenters. The van der Waals surface area contributed by atoms with Crippen LogP contribution in [-0.2, 0) is 6.54 Å². The Morgan fingerprint density at radius 2 is 2.15 bits per heavy atom. The fourth-order valence-electron chi connectivity index (χ4n) is 3.60. The minimum atomic E-state index is -0.164. The molecule has 1 aliphatic heterocycles. The van der Waals surface area contributed by atoms with Crippen molar-refractivity contribution >= 4 is 11.6 Å². The van der Waals surface area contributed by atoms with Gasteiger partial charge in [0.05, 0.1) is 7.11 Å². The summed E-state index contributed by atoms with van der Waals surface area (Å²) in [6.45, 7) is 3.69. The van der Waals surface area contributed by atoms with Crippen LogP contribution in [-0.4, -0.2) is 30.6 Å². The molecule has 1 fully saturated rings. The van der Waals surface area contributed by atoms with E-state index in [2.05, 4.69) is 22.1 Å². The molecule has 1 aromatic heterocycles. The Balaban J connectivity index is 1.70. The van der Waals surface area contributed by atoms with Crippen molar-refractivity contribution in [3.8, 4) is 5.75 Å². The highest BCUT2D eigenvalue weighted by molar-refractivity contribution is 5.93. The molecule has 0 spiro atoms. The Labute approximate surface area is 155 Å². The van der Waals surface area contributed by atoms with Gasteiger partial charge in [0.15, 0.2) is 0 Å². The van der Waals surface area contributed by atoms with Gasteiger partial charge in [-0.25, -0.2) is 0 Å². The second kappa shape index (κ2) is 8.70. The number of hydrogen-bond donors (Lipinski definition) is 1. The molecule has 1 saturated heterocycles. The number of hydrogen-bond acceptors (Lipinski definition) is 4. The van der Waals surface area contributed by atoms with Gasteiger partial charge < -0.3 is 15.0 Å². The van der Waals surface area contributed by atoms with Gasteiger partial charge in [0.25, 0.3) is 5.91 Å². The van der Waals surface area contributed by atoms with Crippen LogP contribution in [0.3, 0.4) is 0 Å². The first-order chi connectivity index (χ1) is 12.7. The molecule has 1 N–H and O–H groups in total. The molecule has 1 aliphatic rings. The average molecular weight is 353 g/mol. The standard InChI is InChI=1S/C21H27N3O2/c1-3-17-9-6-7-13-24(17)18-11-12-22-19(14-18)21(25)23-15-16-8-4-5-10-20(16)26-2/h4-5,8,10-12,14,17H,3,6-7,9,13,15H2,1-2H3,(H,23,25). The van der Waals surface area contributed by atoms with Crippen molar-refractivity contribution in [1.29, 1.82) is 0 Å². The lowest BCUT2D eigenvalue weighted by Crippen LogP contribution is -2.39. The number of carbonyl (C=O) groups is 1. The number of ether oxygens (including phenoxy) is 1. The van der Waals surface area contributed by atoms with E-state index in [4.69, 9.17) is 4.74 Å². The second-order valence-electron chi connectivity index (χ2n) is 6.65. The zero-order valence-electron chi connectivity index (χ0n) is 15.6. The van der Waals surface area contributed by atoms with Crippen molar-refractivity contribution in [2.45, 2.75) is 45.2 Å². The van der Waals surface area contributed by atoms with Gasteiger partial charge in [0.2, 0.25) is 0 Å². The fourth-order valence-corrected chi connectivity index (χ4v) is 3.60. The number of rotatable bonds is 6. The average Bonchev–Trinajstić information content (AvgIpc) is 2.72. The summed E-state index contributed by atoms with van der Waals surface area (Å²) in [4.78, 5) is 19.3. The number of para-hydroxylation sites is 1. The van der Waals surface area contributed by atoms with Gasteiger partial charge in [0, 0.05) is 36.6 Å². The molecular formula is C21H27N3O2. The fraction of sp³-hybridized carbons (Fsp3) is 0.429. The number of benzene rings is 1. The summed E-state index contributed by atoms with van der Waals surface area (Å²) in [5.74, 6) is 0.608. The first kappa shape index (κ1) is 18.2. The molecule has 5 nitrogen and oxygen atoms in total. The molecule has 3 rings (SSSR count). The van der Waals surface area contributed by atoms with Crippen LogP contribution in [0.25, 0.3) is 0 Å². The summed E-state index contributed by atoms with van der Waals surface area (Å²) in [7, 11) is 1.63.